The van der Waals surface area contributed by atoms with Crippen LogP contribution in [-0.2, 0) is 19.8 Å². The fraction of sp³-hybridized carbons (Fsp3) is 0.238. The molecule has 0 bridgehead atoms. The molecule has 0 amide bonds. The van der Waals surface area contributed by atoms with Gasteiger partial charge in [0.15, 0.2) is 11.3 Å². The van der Waals surface area contributed by atoms with E-state index in [-0.39, 0.29) is 11.1 Å². The zero-order valence-corrected chi connectivity index (χ0v) is 17.8. The summed E-state index contributed by atoms with van der Waals surface area (Å²) >= 11 is 5.95. The largest absolute Gasteiger partial charge is 0.434 e. The van der Waals surface area contributed by atoms with Crippen molar-refractivity contribution in [2.24, 2.45) is 7.05 Å². The first kappa shape index (κ1) is 22.5. The molecule has 31 heavy (non-hydrogen) atoms. The van der Waals surface area contributed by atoms with E-state index in [9.17, 15) is 13.2 Å². The molecule has 3 aromatic heterocycles. The van der Waals surface area contributed by atoms with Crippen molar-refractivity contribution in [2.75, 3.05) is 5.32 Å². The topological polar surface area (TPSA) is 68.5 Å². The van der Waals surface area contributed by atoms with Crippen molar-refractivity contribution in [3.8, 4) is 11.4 Å². The van der Waals surface area contributed by atoms with Crippen LogP contribution in [0.15, 0.2) is 48.8 Å². The number of hydrogen-bond donors (Lipinski definition) is 1. The number of benzene rings is 1. The zero-order chi connectivity index (χ0) is 22.6. The lowest BCUT2D eigenvalue weighted by molar-refractivity contribution is -0.140. The first-order valence-corrected chi connectivity index (χ1v) is 9.91. The molecule has 0 unspecified atom stereocenters. The third-order valence-electron chi connectivity index (χ3n) is 4.28. The predicted molar refractivity (Wildman–Crippen MR) is 115 cm³/mol. The molecule has 0 saturated carbocycles. The Labute approximate surface area is 182 Å². The lowest BCUT2D eigenvalue weighted by Crippen LogP contribution is -2.05. The average molecular weight is 449 g/mol. The number of nitrogens with zero attached hydrogens (tertiary/aromatic N) is 5. The number of aryl methyl sites for hydroxylation is 1. The van der Waals surface area contributed by atoms with Crippen LogP contribution >= 0.6 is 11.6 Å². The van der Waals surface area contributed by atoms with Gasteiger partial charge < -0.3 is 9.88 Å². The van der Waals surface area contributed by atoms with Crippen LogP contribution in [0.2, 0.25) is 5.28 Å². The number of hydrogen-bond acceptors (Lipinski definition) is 5. The summed E-state index contributed by atoms with van der Waals surface area (Å²) in [5.74, 6) is 0.799. The molecule has 4 aromatic rings. The van der Waals surface area contributed by atoms with Gasteiger partial charge in [-0.25, -0.2) is 15.0 Å². The van der Waals surface area contributed by atoms with Crippen molar-refractivity contribution in [1.29, 1.82) is 0 Å². The second-order valence-electron chi connectivity index (χ2n) is 6.32. The van der Waals surface area contributed by atoms with Crippen molar-refractivity contribution < 1.29 is 13.2 Å². The highest BCUT2D eigenvalue weighted by Gasteiger charge is 2.34. The Hall–Kier alpha value is -3.20. The van der Waals surface area contributed by atoms with Gasteiger partial charge in [-0.15, -0.1) is 0 Å². The van der Waals surface area contributed by atoms with Crippen LogP contribution < -0.4 is 5.32 Å². The summed E-state index contributed by atoms with van der Waals surface area (Å²) in [6.45, 7) is 4.44. The van der Waals surface area contributed by atoms with Gasteiger partial charge in [0.1, 0.15) is 11.6 Å². The summed E-state index contributed by atoms with van der Waals surface area (Å²) in [7, 11) is 1.53. The van der Waals surface area contributed by atoms with Gasteiger partial charge in [-0.1, -0.05) is 38.1 Å². The summed E-state index contributed by atoms with van der Waals surface area (Å²) in [5, 5.41) is 4.02. The van der Waals surface area contributed by atoms with Crippen LogP contribution in [0.4, 0.5) is 19.0 Å². The van der Waals surface area contributed by atoms with E-state index >= 15 is 0 Å². The van der Waals surface area contributed by atoms with E-state index < -0.39 is 11.9 Å². The van der Waals surface area contributed by atoms with Crippen molar-refractivity contribution >= 4 is 28.5 Å². The van der Waals surface area contributed by atoms with E-state index in [0.717, 1.165) is 17.1 Å². The third kappa shape index (κ3) is 5.11. The zero-order valence-electron chi connectivity index (χ0n) is 17.1. The summed E-state index contributed by atoms with van der Waals surface area (Å²) in [4.78, 5) is 16.1. The van der Waals surface area contributed by atoms with E-state index in [0.29, 0.717) is 23.6 Å². The third-order valence-corrected chi connectivity index (χ3v) is 4.45. The second kappa shape index (κ2) is 9.30. The SMILES string of the molecule is CC.Cn1cc(C(F)(F)F)nc1-c1ccc(CNc2nc(Cl)nc3ncccc23)cc1. The lowest BCUT2D eigenvalue weighted by atomic mass is 10.1. The maximum absolute atomic E-state index is 12.9. The lowest BCUT2D eigenvalue weighted by Gasteiger charge is -2.09. The molecule has 0 aliphatic carbocycles. The molecule has 10 heteroatoms. The minimum absolute atomic E-state index is 0.0873. The van der Waals surface area contributed by atoms with E-state index in [1.54, 1.807) is 24.4 Å². The summed E-state index contributed by atoms with van der Waals surface area (Å²) in [6, 6.07) is 10.7. The highest BCUT2D eigenvalue weighted by Crippen LogP contribution is 2.30. The number of alkyl halides is 3. The first-order chi connectivity index (χ1) is 14.8. The molecule has 6 nitrogen and oxygen atoms in total. The normalized spacial score (nSPS) is 11.2. The minimum Gasteiger partial charge on any atom is -0.365 e. The van der Waals surface area contributed by atoms with E-state index in [4.69, 9.17) is 11.6 Å². The van der Waals surface area contributed by atoms with Gasteiger partial charge in [0.2, 0.25) is 5.28 Å². The average Bonchev–Trinajstić information content (AvgIpc) is 3.16. The molecule has 0 aliphatic heterocycles. The molecule has 162 valence electrons. The predicted octanol–water partition coefficient (Wildman–Crippen LogP) is 5.74. The van der Waals surface area contributed by atoms with Crippen LogP contribution in [0, 0.1) is 0 Å². The van der Waals surface area contributed by atoms with Crippen molar-refractivity contribution in [3.63, 3.8) is 0 Å². The number of pyridine rings is 1. The van der Waals surface area contributed by atoms with E-state index in [1.807, 2.05) is 32.0 Å². The molecule has 4 rings (SSSR count). The minimum atomic E-state index is -4.48. The number of rotatable bonds is 4. The Balaban J connectivity index is 0.00000132. The van der Waals surface area contributed by atoms with Gasteiger partial charge in [0.25, 0.3) is 0 Å². The Morgan fingerprint density at radius 3 is 2.39 bits per heavy atom. The molecule has 1 aromatic carbocycles. The molecule has 1 N–H and O–H groups in total. The Kier molecular flexibility index (Phi) is 6.74. The van der Waals surface area contributed by atoms with Crippen molar-refractivity contribution in [2.45, 2.75) is 26.6 Å². The van der Waals surface area contributed by atoms with Gasteiger partial charge in [0, 0.05) is 31.5 Å². The molecule has 0 radical (unpaired) electrons. The highest BCUT2D eigenvalue weighted by atomic mass is 35.5. The monoisotopic (exact) mass is 448 g/mol. The van der Waals surface area contributed by atoms with Crippen LogP contribution in [0.25, 0.3) is 22.4 Å². The Morgan fingerprint density at radius 2 is 1.74 bits per heavy atom. The van der Waals surface area contributed by atoms with Gasteiger partial charge >= 0.3 is 6.18 Å². The van der Waals surface area contributed by atoms with Crippen molar-refractivity contribution in [1.82, 2.24) is 24.5 Å². The van der Waals surface area contributed by atoms with Crippen LogP contribution in [-0.4, -0.2) is 24.5 Å². The molecule has 0 saturated heterocycles. The van der Waals surface area contributed by atoms with Gasteiger partial charge in [0.05, 0.1) is 5.39 Å². The molecule has 0 fully saturated rings. The van der Waals surface area contributed by atoms with Crippen molar-refractivity contribution in [3.05, 3.63) is 65.3 Å². The van der Waals surface area contributed by atoms with Gasteiger partial charge in [-0.05, 0) is 29.3 Å². The fourth-order valence-electron chi connectivity index (χ4n) is 2.90. The van der Waals surface area contributed by atoms with E-state index in [2.05, 4.69) is 25.3 Å². The number of halogens is 4. The number of imidazole rings is 1. The summed E-state index contributed by atoms with van der Waals surface area (Å²) in [6.07, 6.45) is -1.88. The van der Waals surface area contributed by atoms with E-state index in [1.165, 1.54) is 11.6 Å². The smallest absolute Gasteiger partial charge is 0.365 e. The number of fused-ring (bicyclic) bond motifs is 1. The van der Waals surface area contributed by atoms with Gasteiger partial charge in [-0.2, -0.15) is 18.2 Å². The fourth-order valence-corrected chi connectivity index (χ4v) is 3.06. The molecule has 0 atom stereocenters. The number of anilines is 1. The number of nitrogens with one attached hydrogen (secondary N) is 1. The summed E-state index contributed by atoms with van der Waals surface area (Å²) in [5.41, 5.74) is 1.07. The summed E-state index contributed by atoms with van der Waals surface area (Å²) < 4.78 is 39.9. The maximum Gasteiger partial charge on any atom is 0.434 e. The molecule has 0 spiro atoms. The maximum atomic E-state index is 12.9. The Bertz CT molecular complexity index is 1170. The first-order valence-electron chi connectivity index (χ1n) is 9.53. The molecule has 3 heterocycles. The Morgan fingerprint density at radius 1 is 1.03 bits per heavy atom. The van der Waals surface area contributed by atoms with Crippen LogP contribution in [0.1, 0.15) is 25.1 Å². The standard InChI is InChI=1S/C19H14ClF3N6.C2H6/c1-29-10-14(19(21,22)23)26-17(29)12-6-4-11(5-7-12)9-25-16-13-3-2-8-24-15(13)27-18(20)28-16;1-2/h2-8,10H,9H2,1H3,(H,24,25,27,28);1-2H3. The molecular weight excluding hydrogens is 429 g/mol. The van der Waals surface area contributed by atoms with Crippen LogP contribution in [0.5, 0.6) is 0 Å². The van der Waals surface area contributed by atoms with Gasteiger partial charge in [-0.3, -0.25) is 0 Å². The van der Waals surface area contributed by atoms with Crippen LogP contribution in [0.3, 0.4) is 0 Å². The second-order valence-corrected chi connectivity index (χ2v) is 6.66. The molecular formula is C21H20ClF3N6. The quantitative estimate of drug-likeness (QED) is 0.403. The molecule has 0 aliphatic rings. The highest BCUT2D eigenvalue weighted by molar-refractivity contribution is 6.28. The number of aromatic nitrogens is 5.